The van der Waals surface area contributed by atoms with Crippen molar-refractivity contribution in [2.45, 2.75) is 12.8 Å². The molecule has 0 saturated heterocycles. The van der Waals surface area contributed by atoms with E-state index in [1.165, 1.54) is 12.4 Å². The van der Waals surface area contributed by atoms with Crippen molar-refractivity contribution in [1.29, 1.82) is 0 Å². The van der Waals surface area contributed by atoms with Crippen LogP contribution >= 0.6 is 0 Å². The standard InChI is InChI=1S/2C5H6N2O2.Mg/c2*8-5(9)3-4-6-1-2-7-4;/h2*1-2H,3H2,(H,6,7)(H,8,9);/q;;+2/p-2. The average Bonchev–Trinajstić information content (AvgIpc) is 2.90. The molecule has 96 valence electrons. The van der Waals surface area contributed by atoms with E-state index in [9.17, 15) is 19.8 Å². The fourth-order valence-electron chi connectivity index (χ4n) is 1.06. The van der Waals surface area contributed by atoms with Crippen LogP contribution in [0.25, 0.3) is 0 Å². The van der Waals surface area contributed by atoms with Gasteiger partial charge in [-0.15, -0.1) is 0 Å². The minimum atomic E-state index is -1.12. The van der Waals surface area contributed by atoms with Crippen molar-refractivity contribution in [3.63, 3.8) is 0 Å². The van der Waals surface area contributed by atoms with Gasteiger partial charge in [0.15, 0.2) is 0 Å². The van der Waals surface area contributed by atoms with E-state index in [4.69, 9.17) is 0 Å². The van der Waals surface area contributed by atoms with Crippen LogP contribution < -0.4 is 10.2 Å². The minimum Gasteiger partial charge on any atom is -0.550 e. The van der Waals surface area contributed by atoms with Crippen LogP contribution in [0.1, 0.15) is 11.6 Å². The summed E-state index contributed by atoms with van der Waals surface area (Å²) in [5, 5.41) is 19.8. The van der Waals surface area contributed by atoms with Gasteiger partial charge in [-0.05, 0) is 0 Å². The average molecular weight is 275 g/mol. The number of carboxylic acid groups (broad SMARTS) is 2. The molecule has 0 fully saturated rings. The largest absolute Gasteiger partial charge is 2.00 e. The monoisotopic (exact) mass is 274 g/mol. The molecule has 2 N–H and O–H groups in total. The molecular weight excluding hydrogens is 264 g/mol. The summed E-state index contributed by atoms with van der Waals surface area (Å²) in [7, 11) is 0. The molecule has 0 atom stereocenters. The third kappa shape index (κ3) is 7.94. The summed E-state index contributed by atoms with van der Waals surface area (Å²) in [5.41, 5.74) is 0. The van der Waals surface area contributed by atoms with Gasteiger partial charge in [-0.1, -0.05) is 0 Å². The van der Waals surface area contributed by atoms with Crippen LogP contribution in [0.5, 0.6) is 0 Å². The first-order chi connectivity index (χ1) is 8.58. The predicted molar refractivity (Wildman–Crippen MR) is 60.4 cm³/mol. The first-order valence-corrected chi connectivity index (χ1v) is 4.94. The molecule has 2 rings (SSSR count). The number of carbonyl (C=O) groups is 2. The number of imidazole rings is 2. The van der Waals surface area contributed by atoms with Gasteiger partial charge < -0.3 is 29.8 Å². The summed E-state index contributed by atoms with van der Waals surface area (Å²) in [6, 6.07) is 0. The Morgan fingerprint density at radius 2 is 1.32 bits per heavy atom. The van der Waals surface area contributed by atoms with E-state index < -0.39 is 11.9 Å². The fourth-order valence-corrected chi connectivity index (χ4v) is 1.06. The van der Waals surface area contributed by atoms with Crippen molar-refractivity contribution in [3.8, 4) is 0 Å². The van der Waals surface area contributed by atoms with Gasteiger partial charge in [-0.25, -0.2) is 9.97 Å². The van der Waals surface area contributed by atoms with Crippen LogP contribution in [0.15, 0.2) is 24.8 Å². The van der Waals surface area contributed by atoms with E-state index in [0.29, 0.717) is 11.6 Å². The number of hydrogen-bond donors (Lipinski definition) is 2. The Hall–Kier alpha value is -1.87. The first kappa shape index (κ1) is 17.1. The van der Waals surface area contributed by atoms with Crippen molar-refractivity contribution in [3.05, 3.63) is 36.4 Å². The zero-order valence-electron chi connectivity index (χ0n) is 9.96. The van der Waals surface area contributed by atoms with Gasteiger partial charge in [0.25, 0.3) is 0 Å². The molecule has 9 heteroatoms. The van der Waals surface area contributed by atoms with E-state index in [0.717, 1.165) is 0 Å². The van der Waals surface area contributed by atoms with Crippen LogP contribution in [0.4, 0.5) is 0 Å². The number of carboxylic acids is 2. The second-order valence-electron chi connectivity index (χ2n) is 3.17. The molecule has 2 aromatic rings. The van der Waals surface area contributed by atoms with Crippen LogP contribution in [-0.2, 0) is 22.4 Å². The van der Waals surface area contributed by atoms with E-state index in [1.807, 2.05) is 0 Å². The summed E-state index contributed by atoms with van der Waals surface area (Å²) in [5.74, 6) is -1.39. The number of rotatable bonds is 4. The Labute approximate surface area is 124 Å². The smallest absolute Gasteiger partial charge is 0.550 e. The maximum atomic E-state index is 9.90. The number of nitrogens with one attached hydrogen (secondary N) is 2. The van der Waals surface area contributed by atoms with Gasteiger partial charge in [0, 0.05) is 49.6 Å². The second-order valence-corrected chi connectivity index (χ2v) is 3.17. The van der Waals surface area contributed by atoms with Crippen LogP contribution in [-0.4, -0.2) is 54.9 Å². The van der Waals surface area contributed by atoms with Crippen molar-refractivity contribution < 1.29 is 19.8 Å². The van der Waals surface area contributed by atoms with Gasteiger partial charge in [-0.2, -0.15) is 0 Å². The number of aromatic nitrogens is 4. The van der Waals surface area contributed by atoms with Crippen LogP contribution in [0.3, 0.4) is 0 Å². The Kier molecular flexibility index (Phi) is 8.21. The third-order valence-corrected chi connectivity index (χ3v) is 1.73. The Morgan fingerprint density at radius 1 is 0.947 bits per heavy atom. The molecule has 0 saturated carbocycles. The molecule has 8 nitrogen and oxygen atoms in total. The molecule has 0 spiro atoms. The van der Waals surface area contributed by atoms with E-state index >= 15 is 0 Å². The van der Waals surface area contributed by atoms with E-state index in [-0.39, 0.29) is 35.9 Å². The molecule has 0 radical (unpaired) electrons. The summed E-state index contributed by atoms with van der Waals surface area (Å²) in [4.78, 5) is 32.4. The van der Waals surface area contributed by atoms with E-state index in [1.54, 1.807) is 12.4 Å². The van der Waals surface area contributed by atoms with Crippen molar-refractivity contribution in [2.75, 3.05) is 0 Å². The predicted octanol–water partition coefficient (Wildman–Crippen LogP) is -2.98. The molecule has 0 aromatic carbocycles. The topological polar surface area (TPSA) is 138 Å². The number of hydrogen-bond acceptors (Lipinski definition) is 6. The molecular formula is C10H10MgN4O4. The molecule has 0 amide bonds. The molecule has 0 unspecified atom stereocenters. The van der Waals surface area contributed by atoms with Crippen molar-refractivity contribution in [2.24, 2.45) is 0 Å². The molecule has 19 heavy (non-hydrogen) atoms. The summed E-state index contributed by atoms with van der Waals surface area (Å²) < 4.78 is 0. The minimum absolute atomic E-state index is 0. The Balaban J connectivity index is 0.000000324. The van der Waals surface area contributed by atoms with Crippen LogP contribution in [0.2, 0.25) is 0 Å². The maximum Gasteiger partial charge on any atom is 2.00 e. The SMILES string of the molecule is O=C([O-])Cc1ncc[nH]1.O=C([O-])Cc1ncc[nH]1.[Mg+2]. The number of nitrogens with zero attached hydrogens (tertiary/aromatic N) is 2. The molecule has 0 aliphatic carbocycles. The van der Waals surface area contributed by atoms with Gasteiger partial charge in [0.05, 0.1) is 0 Å². The van der Waals surface area contributed by atoms with Crippen molar-refractivity contribution >= 4 is 35.0 Å². The quantitative estimate of drug-likeness (QED) is 0.571. The zero-order chi connectivity index (χ0) is 13.4. The zero-order valence-corrected chi connectivity index (χ0v) is 11.4. The van der Waals surface area contributed by atoms with Gasteiger partial charge in [-0.3, -0.25) is 0 Å². The van der Waals surface area contributed by atoms with Gasteiger partial charge in [0.1, 0.15) is 11.6 Å². The summed E-state index contributed by atoms with van der Waals surface area (Å²) in [6.07, 6.45) is 5.84. The van der Waals surface area contributed by atoms with E-state index in [2.05, 4.69) is 19.9 Å². The number of aromatic amines is 2. The number of aliphatic carboxylic acids is 2. The maximum absolute atomic E-state index is 9.90. The number of carbonyl (C=O) groups excluding carboxylic acids is 2. The Bertz CT molecular complexity index is 437. The molecule has 0 aliphatic heterocycles. The Morgan fingerprint density at radius 3 is 1.53 bits per heavy atom. The molecule has 2 aromatic heterocycles. The van der Waals surface area contributed by atoms with Crippen molar-refractivity contribution in [1.82, 2.24) is 19.9 Å². The summed E-state index contributed by atoms with van der Waals surface area (Å²) >= 11 is 0. The molecule has 2 heterocycles. The third-order valence-electron chi connectivity index (χ3n) is 1.73. The number of H-pyrrole nitrogens is 2. The second kappa shape index (κ2) is 9.11. The molecule has 0 bridgehead atoms. The normalized spacial score (nSPS) is 8.84. The first-order valence-electron chi connectivity index (χ1n) is 4.94. The fraction of sp³-hybridized carbons (Fsp3) is 0.200. The van der Waals surface area contributed by atoms with Gasteiger partial charge >= 0.3 is 23.1 Å². The van der Waals surface area contributed by atoms with Gasteiger partial charge in [0.2, 0.25) is 0 Å². The molecule has 0 aliphatic rings. The van der Waals surface area contributed by atoms with Crippen LogP contribution in [0, 0.1) is 0 Å². The summed E-state index contributed by atoms with van der Waals surface area (Å²) in [6.45, 7) is 0.